The number of H-pyrrole nitrogens is 1. The molecule has 0 saturated heterocycles. The van der Waals surface area contributed by atoms with Gasteiger partial charge in [0, 0.05) is 28.9 Å². The molecule has 28 heavy (non-hydrogen) atoms. The standard InChI is InChI=1S/C21H16F2N4O/c1-13-9-18(25-12-24-13)27(15-5-3-2-4-6-15)11-14-10-19(28)26-21-16(14)7-8-17(22)20(21)23/h2-10,12H,11H2,1H3,(H,26,28). The highest BCUT2D eigenvalue weighted by Crippen LogP contribution is 2.28. The highest BCUT2D eigenvalue weighted by atomic mass is 19.2. The van der Waals surface area contributed by atoms with Crippen molar-refractivity contribution in [2.45, 2.75) is 13.5 Å². The highest BCUT2D eigenvalue weighted by Gasteiger charge is 2.17. The van der Waals surface area contributed by atoms with E-state index in [1.807, 2.05) is 48.2 Å². The van der Waals surface area contributed by atoms with Gasteiger partial charge in [-0.25, -0.2) is 18.7 Å². The van der Waals surface area contributed by atoms with Crippen LogP contribution in [0.15, 0.2) is 65.7 Å². The third-order valence-corrected chi connectivity index (χ3v) is 4.46. The number of anilines is 2. The maximum Gasteiger partial charge on any atom is 0.248 e. The van der Waals surface area contributed by atoms with Crippen molar-refractivity contribution in [3.63, 3.8) is 0 Å². The van der Waals surface area contributed by atoms with Crippen molar-refractivity contribution in [1.82, 2.24) is 15.0 Å². The topological polar surface area (TPSA) is 61.9 Å². The highest BCUT2D eigenvalue weighted by molar-refractivity contribution is 5.83. The van der Waals surface area contributed by atoms with Crippen LogP contribution < -0.4 is 10.5 Å². The molecule has 2 aromatic carbocycles. The van der Waals surface area contributed by atoms with Crippen molar-refractivity contribution >= 4 is 22.4 Å². The van der Waals surface area contributed by atoms with Crippen molar-refractivity contribution in [2.75, 3.05) is 4.90 Å². The molecule has 2 heterocycles. The number of aromatic amines is 1. The number of fused-ring (bicyclic) bond motifs is 1. The van der Waals surface area contributed by atoms with E-state index in [1.54, 1.807) is 0 Å². The van der Waals surface area contributed by atoms with E-state index in [0.29, 0.717) is 16.8 Å². The third-order valence-electron chi connectivity index (χ3n) is 4.46. The predicted octanol–water partition coefficient (Wildman–Crippen LogP) is 4.24. The lowest BCUT2D eigenvalue weighted by Gasteiger charge is -2.24. The summed E-state index contributed by atoms with van der Waals surface area (Å²) >= 11 is 0. The smallest absolute Gasteiger partial charge is 0.248 e. The number of aryl methyl sites for hydroxylation is 1. The van der Waals surface area contributed by atoms with E-state index in [0.717, 1.165) is 17.4 Å². The van der Waals surface area contributed by atoms with Gasteiger partial charge in [0.25, 0.3) is 0 Å². The minimum absolute atomic E-state index is 0.144. The zero-order valence-electron chi connectivity index (χ0n) is 15.0. The van der Waals surface area contributed by atoms with E-state index >= 15 is 0 Å². The van der Waals surface area contributed by atoms with E-state index in [-0.39, 0.29) is 12.1 Å². The Morgan fingerprint density at radius 1 is 1.04 bits per heavy atom. The van der Waals surface area contributed by atoms with Crippen LogP contribution >= 0.6 is 0 Å². The molecule has 2 aromatic heterocycles. The average Bonchev–Trinajstić information content (AvgIpc) is 2.70. The predicted molar refractivity (Wildman–Crippen MR) is 104 cm³/mol. The van der Waals surface area contributed by atoms with Crippen LogP contribution in [0.3, 0.4) is 0 Å². The Morgan fingerprint density at radius 2 is 1.82 bits per heavy atom. The van der Waals surface area contributed by atoms with Crippen LogP contribution in [0.4, 0.5) is 20.3 Å². The fourth-order valence-corrected chi connectivity index (χ4v) is 3.14. The van der Waals surface area contributed by atoms with Gasteiger partial charge in [-0.3, -0.25) is 4.79 Å². The summed E-state index contributed by atoms with van der Waals surface area (Å²) in [5, 5.41) is 0.435. The molecular weight excluding hydrogens is 362 g/mol. The molecule has 5 nitrogen and oxygen atoms in total. The fourth-order valence-electron chi connectivity index (χ4n) is 3.14. The van der Waals surface area contributed by atoms with E-state index in [4.69, 9.17) is 0 Å². The van der Waals surface area contributed by atoms with Gasteiger partial charge in [-0.2, -0.15) is 0 Å². The third kappa shape index (κ3) is 3.34. The quantitative estimate of drug-likeness (QED) is 0.577. The van der Waals surface area contributed by atoms with Crippen LogP contribution in [0.2, 0.25) is 0 Å². The number of para-hydroxylation sites is 1. The van der Waals surface area contributed by atoms with Gasteiger partial charge < -0.3 is 9.88 Å². The lowest BCUT2D eigenvalue weighted by Crippen LogP contribution is -2.20. The largest absolute Gasteiger partial charge is 0.322 e. The Hall–Kier alpha value is -3.61. The molecule has 140 valence electrons. The summed E-state index contributed by atoms with van der Waals surface area (Å²) in [6.07, 6.45) is 1.46. The van der Waals surface area contributed by atoms with E-state index in [2.05, 4.69) is 15.0 Å². The molecular formula is C21H16F2N4O. The SMILES string of the molecule is Cc1cc(N(Cc2cc(=O)[nH]c3c(F)c(F)ccc23)c2ccccc2)ncn1. The van der Waals surface area contributed by atoms with Crippen molar-refractivity contribution in [3.8, 4) is 0 Å². The molecule has 0 saturated carbocycles. The van der Waals surface area contributed by atoms with Crippen LogP contribution in [-0.2, 0) is 6.54 Å². The summed E-state index contributed by atoms with van der Waals surface area (Å²) in [4.78, 5) is 24.8. The number of hydrogen-bond donors (Lipinski definition) is 1. The molecule has 0 fully saturated rings. The summed E-state index contributed by atoms with van der Waals surface area (Å²) in [7, 11) is 0. The monoisotopic (exact) mass is 378 g/mol. The maximum atomic E-state index is 14.2. The van der Waals surface area contributed by atoms with Gasteiger partial charge in [0.1, 0.15) is 12.1 Å². The molecule has 0 bridgehead atoms. The fraction of sp³-hybridized carbons (Fsp3) is 0.0952. The van der Waals surface area contributed by atoms with E-state index in [9.17, 15) is 13.6 Å². The Kier molecular flexibility index (Phi) is 4.57. The summed E-state index contributed by atoms with van der Waals surface area (Å²) < 4.78 is 27.8. The minimum Gasteiger partial charge on any atom is -0.322 e. The molecule has 0 amide bonds. The summed E-state index contributed by atoms with van der Waals surface area (Å²) in [5.41, 5.74) is 1.54. The van der Waals surface area contributed by atoms with Gasteiger partial charge in [-0.05, 0) is 36.8 Å². The molecule has 1 N–H and O–H groups in total. The van der Waals surface area contributed by atoms with Crippen LogP contribution in [0.25, 0.3) is 10.9 Å². The Bertz CT molecular complexity index is 1210. The number of nitrogens with zero attached hydrogens (tertiary/aromatic N) is 3. The lowest BCUT2D eigenvalue weighted by atomic mass is 10.1. The molecule has 0 aliphatic carbocycles. The van der Waals surface area contributed by atoms with Crippen LogP contribution in [-0.4, -0.2) is 15.0 Å². The second-order valence-corrected chi connectivity index (χ2v) is 6.38. The minimum atomic E-state index is -1.07. The number of benzene rings is 2. The second-order valence-electron chi connectivity index (χ2n) is 6.38. The summed E-state index contributed by atoms with van der Waals surface area (Å²) in [5.74, 6) is -1.44. The maximum absolute atomic E-state index is 14.2. The zero-order valence-corrected chi connectivity index (χ0v) is 15.0. The number of nitrogens with one attached hydrogen (secondary N) is 1. The van der Waals surface area contributed by atoms with Crippen molar-refractivity contribution in [3.05, 3.63) is 94.2 Å². The molecule has 0 aliphatic heterocycles. The van der Waals surface area contributed by atoms with Crippen molar-refractivity contribution in [2.24, 2.45) is 0 Å². The molecule has 0 atom stereocenters. The van der Waals surface area contributed by atoms with Crippen LogP contribution in [0.5, 0.6) is 0 Å². The van der Waals surface area contributed by atoms with Crippen molar-refractivity contribution < 1.29 is 8.78 Å². The summed E-state index contributed by atoms with van der Waals surface area (Å²) in [6, 6.07) is 15.2. The summed E-state index contributed by atoms with van der Waals surface area (Å²) in [6.45, 7) is 2.10. The van der Waals surface area contributed by atoms with E-state index < -0.39 is 17.2 Å². The lowest BCUT2D eigenvalue weighted by molar-refractivity contribution is 0.515. The molecule has 7 heteroatoms. The van der Waals surface area contributed by atoms with Gasteiger partial charge in [0.05, 0.1) is 12.1 Å². The molecule has 0 unspecified atom stereocenters. The first-order chi connectivity index (χ1) is 13.5. The molecule has 0 aliphatic rings. The van der Waals surface area contributed by atoms with Crippen molar-refractivity contribution in [1.29, 1.82) is 0 Å². The second kappa shape index (κ2) is 7.19. The first-order valence-corrected chi connectivity index (χ1v) is 8.64. The zero-order chi connectivity index (χ0) is 19.7. The van der Waals surface area contributed by atoms with Gasteiger partial charge in [0.15, 0.2) is 11.6 Å². The number of rotatable bonds is 4. The average molecular weight is 378 g/mol. The first kappa shape index (κ1) is 17.8. The number of hydrogen-bond acceptors (Lipinski definition) is 4. The van der Waals surface area contributed by atoms with Gasteiger partial charge in [-0.15, -0.1) is 0 Å². The first-order valence-electron chi connectivity index (χ1n) is 8.64. The normalized spacial score (nSPS) is 11.0. The van der Waals surface area contributed by atoms with Gasteiger partial charge in [0.2, 0.25) is 5.56 Å². The van der Waals surface area contributed by atoms with Gasteiger partial charge >= 0.3 is 0 Å². The Labute approximate surface area is 159 Å². The van der Waals surface area contributed by atoms with Crippen LogP contribution in [0, 0.1) is 18.6 Å². The molecule has 0 radical (unpaired) electrons. The van der Waals surface area contributed by atoms with Gasteiger partial charge in [-0.1, -0.05) is 18.2 Å². The Morgan fingerprint density at radius 3 is 2.57 bits per heavy atom. The van der Waals surface area contributed by atoms with Crippen LogP contribution in [0.1, 0.15) is 11.3 Å². The number of aromatic nitrogens is 3. The molecule has 4 rings (SSSR count). The van der Waals surface area contributed by atoms with E-state index in [1.165, 1.54) is 18.5 Å². The molecule has 0 spiro atoms. The number of halogens is 2. The number of pyridine rings is 1. The molecule has 4 aromatic rings. The Balaban J connectivity index is 1.88.